The molecule has 0 spiro atoms. The Morgan fingerprint density at radius 3 is 2.14 bits per heavy atom. The summed E-state index contributed by atoms with van der Waals surface area (Å²) in [5.74, 6) is 0.0153. The van der Waals surface area contributed by atoms with Crippen molar-refractivity contribution < 1.29 is 18.7 Å². The number of carbonyl (C=O) groups is 2. The first-order chi connectivity index (χ1) is 9.97. The lowest BCUT2D eigenvalue weighted by atomic mass is 10.2. The van der Waals surface area contributed by atoms with Gasteiger partial charge in [0.2, 0.25) is 5.91 Å². The van der Waals surface area contributed by atoms with Crippen LogP contribution in [0, 0.1) is 5.82 Å². The van der Waals surface area contributed by atoms with Crippen LogP contribution in [0.1, 0.15) is 13.8 Å². The third kappa shape index (κ3) is 3.93. The monoisotopic (exact) mass is 294 g/mol. The van der Waals surface area contributed by atoms with E-state index in [2.05, 4.69) is 0 Å². The van der Waals surface area contributed by atoms with Crippen molar-refractivity contribution >= 4 is 11.8 Å². The van der Waals surface area contributed by atoms with Crippen molar-refractivity contribution in [3.05, 3.63) is 30.1 Å². The van der Waals surface area contributed by atoms with Crippen LogP contribution in [0.4, 0.5) is 4.39 Å². The predicted molar refractivity (Wildman–Crippen MR) is 75.3 cm³/mol. The molecule has 0 saturated carbocycles. The minimum Gasteiger partial charge on any atom is -0.481 e. The van der Waals surface area contributed by atoms with Gasteiger partial charge in [-0.05, 0) is 31.2 Å². The molecular formula is C15H19FN2O3. The molecular weight excluding hydrogens is 275 g/mol. The lowest BCUT2D eigenvalue weighted by Gasteiger charge is -2.35. The number of ether oxygens (including phenoxy) is 1. The topological polar surface area (TPSA) is 49.9 Å². The van der Waals surface area contributed by atoms with E-state index in [0.717, 1.165) is 0 Å². The molecule has 6 heteroatoms. The van der Waals surface area contributed by atoms with Gasteiger partial charge in [-0.1, -0.05) is 0 Å². The molecule has 1 aliphatic rings. The van der Waals surface area contributed by atoms with E-state index >= 15 is 0 Å². The molecule has 2 amide bonds. The highest BCUT2D eigenvalue weighted by atomic mass is 19.1. The summed E-state index contributed by atoms with van der Waals surface area (Å²) < 4.78 is 18.3. The highest BCUT2D eigenvalue weighted by Gasteiger charge is 2.26. The Morgan fingerprint density at radius 1 is 1.10 bits per heavy atom. The van der Waals surface area contributed by atoms with Crippen molar-refractivity contribution in [1.29, 1.82) is 0 Å². The van der Waals surface area contributed by atoms with E-state index in [-0.39, 0.29) is 17.6 Å². The summed E-state index contributed by atoms with van der Waals surface area (Å²) in [5.41, 5.74) is 0. The third-order valence-electron chi connectivity index (χ3n) is 3.51. The van der Waals surface area contributed by atoms with E-state index in [4.69, 9.17) is 4.74 Å². The molecule has 21 heavy (non-hydrogen) atoms. The average molecular weight is 294 g/mol. The number of halogens is 1. The van der Waals surface area contributed by atoms with Crippen molar-refractivity contribution in [3.63, 3.8) is 0 Å². The normalized spacial score (nSPS) is 16.5. The maximum absolute atomic E-state index is 12.8. The van der Waals surface area contributed by atoms with Crippen molar-refractivity contribution in [2.45, 2.75) is 20.0 Å². The van der Waals surface area contributed by atoms with Gasteiger partial charge in [0.05, 0.1) is 0 Å². The summed E-state index contributed by atoms with van der Waals surface area (Å²) in [6, 6.07) is 5.57. The zero-order chi connectivity index (χ0) is 15.4. The Balaban J connectivity index is 1.88. The maximum Gasteiger partial charge on any atom is 0.263 e. The summed E-state index contributed by atoms with van der Waals surface area (Å²) in [6.45, 7) is 5.31. The molecule has 1 saturated heterocycles. The molecule has 0 aliphatic carbocycles. The van der Waals surface area contributed by atoms with Gasteiger partial charge < -0.3 is 14.5 Å². The quantitative estimate of drug-likeness (QED) is 0.844. The molecule has 114 valence electrons. The summed E-state index contributed by atoms with van der Waals surface area (Å²) in [4.78, 5) is 26.9. The van der Waals surface area contributed by atoms with E-state index < -0.39 is 6.10 Å². The van der Waals surface area contributed by atoms with Gasteiger partial charge in [-0.3, -0.25) is 9.59 Å². The van der Waals surface area contributed by atoms with E-state index in [9.17, 15) is 14.0 Å². The van der Waals surface area contributed by atoms with Crippen LogP contribution in [0.15, 0.2) is 24.3 Å². The van der Waals surface area contributed by atoms with Crippen LogP contribution in [0.5, 0.6) is 5.75 Å². The molecule has 1 unspecified atom stereocenters. The van der Waals surface area contributed by atoms with Crippen molar-refractivity contribution in [2.24, 2.45) is 0 Å². The smallest absolute Gasteiger partial charge is 0.263 e. The second-order valence-corrected chi connectivity index (χ2v) is 5.05. The number of carbonyl (C=O) groups excluding carboxylic acids is 2. The van der Waals surface area contributed by atoms with Gasteiger partial charge in [0.25, 0.3) is 5.91 Å². The Morgan fingerprint density at radius 2 is 1.62 bits per heavy atom. The van der Waals surface area contributed by atoms with Crippen LogP contribution in [-0.4, -0.2) is 53.9 Å². The van der Waals surface area contributed by atoms with E-state index in [1.54, 1.807) is 16.7 Å². The summed E-state index contributed by atoms with van der Waals surface area (Å²) in [5, 5.41) is 0. The molecule has 0 radical (unpaired) electrons. The van der Waals surface area contributed by atoms with Gasteiger partial charge in [-0.25, -0.2) is 4.39 Å². The second-order valence-electron chi connectivity index (χ2n) is 5.05. The van der Waals surface area contributed by atoms with Crippen molar-refractivity contribution in [2.75, 3.05) is 26.2 Å². The zero-order valence-electron chi connectivity index (χ0n) is 12.2. The molecule has 1 atom stereocenters. The highest BCUT2D eigenvalue weighted by Crippen LogP contribution is 2.14. The second kappa shape index (κ2) is 6.56. The molecule has 2 rings (SSSR count). The minimum atomic E-state index is -0.640. The Bertz CT molecular complexity index is 510. The largest absolute Gasteiger partial charge is 0.481 e. The summed E-state index contributed by atoms with van der Waals surface area (Å²) in [7, 11) is 0. The summed E-state index contributed by atoms with van der Waals surface area (Å²) in [6.07, 6.45) is -0.640. The van der Waals surface area contributed by atoms with E-state index in [0.29, 0.717) is 31.9 Å². The molecule has 0 N–H and O–H groups in total. The fraction of sp³-hybridized carbons (Fsp3) is 0.467. The van der Waals surface area contributed by atoms with Crippen molar-refractivity contribution in [3.8, 4) is 5.75 Å². The third-order valence-corrected chi connectivity index (χ3v) is 3.51. The average Bonchev–Trinajstić information content (AvgIpc) is 2.49. The highest BCUT2D eigenvalue weighted by molar-refractivity contribution is 5.81. The lowest BCUT2D eigenvalue weighted by Crippen LogP contribution is -2.52. The number of benzene rings is 1. The van der Waals surface area contributed by atoms with Gasteiger partial charge in [0.15, 0.2) is 6.10 Å². The summed E-state index contributed by atoms with van der Waals surface area (Å²) >= 11 is 0. The van der Waals surface area contributed by atoms with Crippen LogP contribution in [0.2, 0.25) is 0 Å². The van der Waals surface area contributed by atoms with Crippen LogP contribution in [0.25, 0.3) is 0 Å². The number of amides is 2. The molecule has 5 nitrogen and oxygen atoms in total. The number of hydrogen-bond acceptors (Lipinski definition) is 3. The molecule has 0 bridgehead atoms. The molecule has 1 aromatic carbocycles. The zero-order valence-corrected chi connectivity index (χ0v) is 12.2. The number of rotatable bonds is 3. The first kappa shape index (κ1) is 15.3. The number of nitrogens with zero attached hydrogens (tertiary/aromatic N) is 2. The van der Waals surface area contributed by atoms with Gasteiger partial charge in [-0.2, -0.15) is 0 Å². The van der Waals surface area contributed by atoms with Crippen LogP contribution >= 0.6 is 0 Å². The SMILES string of the molecule is CC(=O)N1CCN(C(=O)C(C)Oc2ccc(F)cc2)CC1. The Labute approximate surface area is 123 Å². The number of piperazine rings is 1. The van der Waals surface area contributed by atoms with Crippen LogP contribution in [-0.2, 0) is 9.59 Å². The molecule has 0 aromatic heterocycles. The molecule has 1 fully saturated rings. The number of hydrogen-bond donors (Lipinski definition) is 0. The minimum absolute atomic E-state index is 0.0257. The fourth-order valence-electron chi connectivity index (χ4n) is 2.27. The van der Waals surface area contributed by atoms with Gasteiger partial charge >= 0.3 is 0 Å². The van der Waals surface area contributed by atoms with Gasteiger partial charge in [0, 0.05) is 33.1 Å². The van der Waals surface area contributed by atoms with Crippen LogP contribution in [0.3, 0.4) is 0 Å². The molecule has 1 aromatic rings. The molecule has 1 heterocycles. The van der Waals surface area contributed by atoms with E-state index in [1.165, 1.54) is 31.2 Å². The van der Waals surface area contributed by atoms with Crippen molar-refractivity contribution in [1.82, 2.24) is 9.80 Å². The Hall–Kier alpha value is -2.11. The van der Waals surface area contributed by atoms with Gasteiger partial charge in [-0.15, -0.1) is 0 Å². The molecule has 1 aliphatic heterocycles. The van der Waals surface area contributed by atoms with Gasteiger partial charge in [0.1, 0.15) is 11.6 Å². The Kier molecular flexibility index (Phi) is 4.77. The maximum atomic E-state index is 12.8. The first-order valence-corrected chi connectivity index (χ1v) is 6.94. The van der Waals surface area contributed by atoms with E-state index in [1.807, 2.05) is 0 Å². The predicted octanol–water partition coefficient (Wildman–Crippen LogP) is 1.28. The fourth-order valence-corrected chi connectivity index (χ4v) is 2.27. The lowest BCUT2D eigenvalue weighted by molar-refractivity contribution is -0.143. The standard InChI is InChI=1S/C15H19FN2O3/c1-11(21-14-5-3-13(16)4-6-14)15(20)18-9-7-17(8-10-18)12(2)19/h3-6,11H,7-10H2,1-2H3. The first-order valence-electron chi connectivity index (χ1n) is 6.94. The van der Waals surface area contributed by atoms with Crippen LogP contribution < -0.4 is 4.74 Å².